The summed E-state index contributed by atoms with van der Waals surface area (Å²) in [5, 5.41) is 8.41. The standard InChI is InChI=1S/C12H13N3O2S/c1-7-8(2)18-12(13-7)6-10(16)9-4-5-11(17-3)15-14-9/h4-5H,6H2,1-3H3. The van der Waals surface area contributed by atoms with Gasteiger partial charge < -0.3 is 4.74 Å². The van der Waals surface area contributed by atoms with E-state index in [1.165, 1.54) is 7.11 Å². The van der Waals surface area contributed by atoms with E-state index in [1.807, 2.05) is 13.8 Å². The number of methoxy groups -OCH3 is 1. The van der Waals surface area contributed by atoms with Crippen LogP contribution in [0.1, 0.15) is 26.1 Å². The van der Waals surface area contributed by atoms with Gasteiger partial charge in [-0.2, -0.15) is 0 Å². The largest absolute Gasteiger partial charge is 0.480 e. The smallest absolute Gasteiger partial charge is 0.233 e. The number of rotatable bonds is 4. The molecule has 2 rings (SSSR count). The molecule has 0 saturated carbocycles. The van der Waals surface area contributed by atoms with Crippen LogP contribution in [0.25, 0.3) is 0 Å². The van der Waals surface area contributed by atoms with Gasteiger partial charge in [-0.15, -0.1) is 21.5 Å². The maximum absolute atomic E-state index is 12.0. The molecule has 0 saturated heterocycles. The van der Waals surface area contributed by atoms with Gasteiger partial charge in [-0.3, -0.25) is 4.79 Å². The van der Waals surface area contributed by atoms with Crippen molar-refractivity contribution in [1.82, 2.24) is 15.2 Å². The van der Waals surface area contributed by atoms with E-state index in [2.05, 4.69) is 15.2 Å². The number of thiazole rings is 1. The van der Waals surface area contributed by atoms with E-state index >= 15 is 0 Å². The molecule has 0 aromatic carbocycles. The van der Waals surface area contributed by atoms with E-state index in [9.17, 15) is 4.79 Å². The van der Waals surface area contributed by atoms with Crippen molar-refractivity contribution < 1.29 is 9.53 Å². The van der Waals surface area contributed by atoms with Crippen molar-refractivity contribution in [2.45, 2.75) is 20.3 Å². The van der Waals surface area contributed by atoms with E-state index in [0.29, 0.717) is 11.6 Å². The third-order valence-electron chi connectivity index (χ3n) is 2.52. The average Bonchev–Trinajstić information content (AvgIpc) is 2.68. The molecule has 6 heteroatoms. The second-order valence-corrected chi connectivity index (χ2v) is 5.10. The number of hydrogen-bond donors (Lipinski definition) is 0. The van der Waals surface area contributed by atoms with Crippen molar-refractivity contribution in [3.8, 4) is 5.88 Å². The monoisotopic (exact) mass is 263 g/mol. The van der Waals surface area contributed by atoms with Crippen molar-refractivity contribution in [1.29, 1.82) is 0 Å². The molecule has 2 aromatic rings. The quantitative estimate of drug-likeness (QED) is 0.789. The molecular formula is C12H13N3O2S. The first kappa shape index (κ1) is 12.6. The van der Waals surface area contributed by atoms with Gasteiger partial charge in [0.25, 0.3) is 0 Å². The molecule has 0 bridgehead atoms. The molecule has 5 nitrogen and oxygen atoms in total. The Morgan fingerprint density at radius 1 is 1.33 bits per heavy atom. The summed E-state index contributed by atoms with van der Waals surface area (Å²) >= 11 is 1.54. The molecule has 0 aliphatic heterocycles. The molecule has 0 fully saturated rings. The maximum Gasteiger partial charge on any atom is 0.233 e. The van der Waals surface area contributed by atoms with Gasteiger partial charge >= 0.3 is 0 Å². The van der Waals surface area contributed by atoms with Gasteiger partial charge in [0.1, 0.15) is 10.7 Å². The van der Waals surface area contributed by atoms with Crippen LogP contribution < -0.4 is 4.74 Å². The van der Waals surface area contributed by atoms with E-state index in [1.54, 1.807) is 23.5 Å². The molecule has 0 atom stereocenters. The van der Waals surface area contributed by atoms with Gasteiger partial charge in [0.2, 0.25) is 5.88 Å². The van der Waals surface area contributed by atoms with Crippen molar-refractivity contribution >= 4 is 17.1 Å². The fourth-order valence-corrected chi connectivity index (χ4v) is 2.35. The fourth-order valence-electron chi connectivity index (χ4n) is 1.42. The highest BCUT2D eigenvalue weighted by atomic mass is 32.1. The lowest BCUT2D eigenvalue weighted by molar-refractivity contribution is 0.0987. The van der Waals surface area contributed by atoms with Gasteiger partial charge in [-0.1, -0.05) is 0 Å². The molecule has 2 heterocycles. The summed E-state index contributed by atoms with van der Waals surface area (Å²) in [4.78, 5) is 17.4. The first-order valence-corrected chi connectivity index (χ1v) is 6.25. The summed E-state index contributed by atoms with van der Waals surface area (Å²) in [7, 11) is 1.51. The second-order valence-electron chi connectivity index (χ2n) is 3.81. The fraction of sp³-hybridized carbons (Fsp3) is 0.333. The Bertz CT molecular complexity index is 544. The lowest BCUT2D eigenvalue weighted by Crippen LogP contribution is -2.07. The normalized spacial score (nSPS) is 10.4. The zero-order chi connectivity index (χ0) is 13.1. The van der Waals surface area contributed by atoms with Gasteiger partial charge in [0.15, 0.2) is 5.78 Å². The first-order chi connectivity index (χ1) is 8.60. The van der Waals surface area contributed by atoms with Gasteiger partial charge in [-0.05, 0) is 19.9 Å². The lowest BCUT2D eigenvalue weighted by atomic mass is 10.2. The van der Waals surface area contributed by atoms with Crippen LogP contribution in [0.5, 0.6) is 5.88 Å². The van der Waals surface area contributed by atoms with E-state index in [0.717, 1.165) is 15.6 Å². The van der Waals surface area contributed by atoms with Crippen molar-refractivity contribution in [3.63, 3.8) is 0 Å². The number of ketones is 1. The Morgan fingerprint density at radius 2 is 2.11 bits per heavy atom. The second kappa shape index (κ2) is 5.22. The average molecular weight is 263 g/mol. The molecule has 0 amide bonds. The zero-order valence-electron chi connectivity index (χ0n) is 10.4. The molecule has 0 unspecified atom stereocenters. The van der Waals surface area contributed by atoms with Crippen LogP contribution in [0.2, 0.25) is 0 Å². The number of hydrogen-bond acceptors (Lipinski definition) is 6. The Hall–Kier alpha value is -1.82. The molecule has 0 spiro atoms. The molecule has 0 aliphatic carbocycles. The SMILES string of the molecule is COc1ccc(C(=O)Cc2nc(C)c(C)s2)nn1. The molecule has 0 aliphatic rings. The predicted molar refractivity (Wildman–Crippen MR) is 68.2 cm³/mol. The number of nitrogens with zero attached hydrogens (tertiary/aromatic N) is 3. The minimum Gasteiger partial charge on any atom is -0.480 e. The summed E-state index contributed by atoms with van der Waals surface area (Å²) in [5.41, 5.74) is 1.31. The number of carbonyl (C=O) groups excluding carboxylic acids is 1. The molecular weight excluding hydrogens is 250 g/mol. The van der Waals surface area contributed by atoms with Crippen LogP contribution in [-0.2, 0) is 6.42 Å². The van der Waals surface area contributed by atoms with Crippen molar-refractivity contribution in [2.75, 3.05) is 7.11 Å². The molecule has 18 heavy (non-hydrogen) atoms. The third-order valence-corrected chi connectivity index (χ3v) is 3.59. The molecule has 94 valence electrons. The molecule has 0 radical (unpaired) electrons. The minimum atomic E-state index is -0.0843. The van der Waals surface area contributed by atoms with Crippen LogP contribution >= 0.6 is 11.3 Å². The van der Waals surface area contributed by atoms with E-state index < -0.39 is 0 Å². The predicted octanol–water partition coefficient (Wildman–Crippen LogP) is 1.98. The minimum absolute atomic E-state index is 0.0843. The topological polar surface area (TPSA) is 65.0 Å². The van der Waals surface area contributed by atoms with Crippen LogP contribution in [-0.4, -0.2) is 28.1 Å². The van der Waals surface area contributed by atoms with Crippen molar-refractivity contribution in [2.24, 2.45) is 0 Å². The van der Waals surface area contributed by atoms with Gasteiger partial charge in [-0.25, -0.2) is 4.98 Å². The molecule has 2 aromatic heterocycles. The lowest BCUT2D eigenvalue weighted by Gasteiger charge is -1.99. The van der Waals surface area contributed by atoms with Gasteiger partial charge in [0, 0.05) is 10.9 Å². The van der Waals surface area contributed by atoms with E-state index in [4.69, 9.17) is 4.74 Å². The number of Topliss-reactive ketones (excluding diaryl/α,β-unsaturated/α-hetero) is 1. The summed E-state index contributed by atoms with van der Waals surface area (Å²) in [6.07, 6.45) is 0.264. The van der Waals surface area contributed by atoms with Crippen LogP contribution in [0.3, 0.4) is 0 Å². The highest BCUT2D eigenvalue weighted by Crippen LogP contribution is 2.18. The maximum atomic E-state index is 12.0. The number of carbonyl (C=O) groups is 1. The van der Waals surface area contributed by atoms with Crippen LogP contribution in [0.15, 0.2) is 12.1 Å². The zero-order valence-corrected chi connectivity index (χ0v) is 11.2. The number of aromatic nitrogens is 3. The highest BCUT2D eigenvalue weighted by Gasteiger charge is 2.13. The summed E-state index contributed by atoms with van der Waals surface area (Å²) in [6.45, 7) is 3.93. The number of aryl methyl sites for hydroxylation is 2. The van der Waals surface area contributed by atoms with Crippen LogP contribution in [0, 0.1) is 13.8 Å². The van der Waals surface area contributed by atoms with E-state index in [-0.39, 0.29) is 12.2 Å². The van der Waals surface area contributed by atoms with Gasteiger partial charge in [0.05, 0.1) is 19.2 Å². The Labute approximate surface area is 109 Å². The summed E-state index contributed by atoms with van der Waals surface area (Å²) in [6, 6.07) is 3.24. The summed E-state index contributed by atoms with van der Waals surface area (Å²) < 4.78 is 4.89. The third kappa shape index (κ3) is 2.70. The Balaban J connectivity index is 2.11. The Morgan fingerprint density at radius 3 is 2.61 bits per heavy atom. The summed E-state index contributed by atoms with van der Waals surface area (Å²) in [5.74, 6) is 0.311. The number of ether oxygens (including phenoxy) is 1. The van der Waals surface area contributed by atoms with Crippen LogP contribution in [0.4, 0.5) is 0 Å². The first-order valence-electron chi connectivity index (χ1n) is 5.44. The molecule has 0 N–H and O–H groups in total. The van der Waals surface area contributed by atoms with Crippen molar-refractivity contribution in [3.05, 3.63) is 33.4 Å². The Kier molecular flexibility index (Phi) is 3.66. The highest BCUT2D eigenvalue weighted by molar-refractivity contribution is 7.11.